The van der Waals surface area contributed by atoms with E-state index in [9.17, 15) is 9.50 Å². The van der Waals surface area contributed by atoms with Gasteiger partial charge in [-0.2, -0.15) is 5.10 Å². The molecule has 0 bridgehead atoms. The van der Waals surface area contributed by atoms with Crippen LogP contribution in [-0.2, 0) is 12.1 Å². The Balaban J connectivity index is 1.78. The van der Waals surface area contributed by atoms with Gasteiger partial charge < -0.3 is 15.4 Å². The minimum absolute atomic E-state index is 0.161. The van der Waals surface area contributed by atoms with Gasteiger partial charge in [0.15, 0.2) is 5.82 Å². The van der Waals surface area contributed by atoms with E-state index < -0.39 is 5.60 Å². The summed E-state index contributed by atoms with van der Waals surface area (Å²) in [5, 5.41) is 18.6. The largest absolute Gasteiger partial charge is 0.386 e. The number of nitrogens with zero attached hydrogens (tertiary/aromatic N) is 5. The van der Waals surface area contributed by atoms with Crippen LogP contribution in [0.25, 0.3) is 22.9 Å². The van der Waals surface area contributed by atoms with Crippen molar-refractivity contribution in [1.29, 1.82) is 0 Å². The van der Waals surface area contributed by atoms with Crippen LogP contribution in [0.5, 0.6) is 0 Å². The first-order valence-corrected chi connectivity index (χ1v) is 8.90. The van der Waals surface area contributed by atoms with Gasteiger partial charge in [-0.15, -0.1) is 0 Å². The Kier molecular flexibility index (Phi) is 4.59. The Morgan fingerprint density at radius 1 is 1.21 bits per heavy atom. The van der Waals surface area contributed by atoms with Gasteiger partial charge in [-0.05, 0) is 26.0 Å². The maximum atomic E-state index is 14.1. The van der Waals surface area contributed by atoms with Gasteiger partial charge in [0.2, 0.25) is 0 Å². The first kappa shape index (κ1) is 18.8. The topological polar surface area (TPSA) is 116 Å². The van der Waals surface area contributed by atoms with Crippen molar-refractivity contribution in [2.24, 2.45) is 0 Å². The van der Waals surface area contributed by atoms with Gasteiger partial charge in [-0.3, -0.25) is 4.68 Å². The quantitative estimate of drug-likeness (QED) is 0.534. The smallest absolute Gasteiger partial charge is 0.182 e. The monoisotopic (exact) mass is 394 g/mol. The second-order valence-electron chi connectivity index (χ2n) is 7.10. The van der Waals surface area contributed by atoms with Gasteiger partial charge in [0.25, 0.3) is 0 Å². The molecule has 4 rings (SSSR count). The molecule has 9 heteroatoms. The lowest BCUT2D eigenvalue weighted by molar-refractivity contribution is 0.0787. The molecule has 0 saturated heterocycles. The standard InChI is InChI=1S/C20H19FN6O2/c1-20(2,28)13-10-23-19(24-18(13)22)16-9-17(15-7-8-29-26-15)27(25-16)11-12-5-3-4-6-14(12)21/h3-10,28H,11H2,1-2H3,(H2,22,23,24). The van der Waals surface area contributed by atoms with Crippen molar-refractivity contribution in [3.63, 3.8) is 0 Å². The van der Waals surface area contributed by atoms with E-state index in [-0.39, 0.29) is 24.0 Å². The van der Waals surface area contributed by atoms with E-state index in [0.717, 1.165) is 0 Å². The van der Waals surface area contributed by atoms with Crippen LogP contribution in [0.15, 0.2) is 53.4 Å². The lowest BCUT2D eigenvalue weighted by Crippen LogP contribution is -2.19. The van der Waals surface area contributed by atoms with Crippen LogP contribution >= 0.6 is 0 Å². The van der Waals surface area contributed by atoms with Crippen molar-refractivity contribution in [3.8, 4) is 22.9 Å². The molecule has 8 nitrogen and oxygen atoms in total. The molecule has 148 valence electrons. The van der Waals surface area contributed by atoms with Crippen LogP contribution in [0.4, 0.5) is 10.2 Å². The molecule has 1 aromatic carbocycles. The molecule has 3 N–H and O–H groups in total. The van der Waals surface area contributed by atoms with Gasteiger partial charge >= 0.3 is 0 Å². The normalized spacial score (nSPS) is 11.7. The molecule has 0 aliphatic rings. The molecular weight excluding hydrogens is 375 g/mol. The third-order valence-corrected chi connectivity index (χ3v) is 4.46. The number of rotatable bonds is 5. The van der Waals surface area contributed by atoms with Gasteiger partial charge in [-0.1, -0.05) is 23.4 Å². The molecule has 0 amide bonds. The van der Waals surface area contributed by atoms with Crippen molar-refractivity contribution >= 4 is 5.82 Å². The molecule has 0 atom stereocenters. The number of aliphatic hydroxyl groups is 1. The highest BCUT2D eigenvalue weighted by Crippen LogP contribution is 2.28. The Morgan fingerprint density at radius 3 is 2.66 bits per heavy atom. The van der Waals surface area contributed by atoms with Gasteiger partial charge in [0.05, 0.1) is 17.8 Å². The molecule has 3 heterocycles. The maximum absolute atomic E-state index is 14.1. The zero-order chi connectivity index (χ0) is 20.6. The fraction of sp³-hybridized carbons (Fsp3) is 0.200. The highest BCUT2D eigenvalue weighted by atomic mass is 19.1. The van der Waals surface area contributed by atoms with Crippen molar-refractivity contribution in [1.82, 2.24) is 24.9 Å². The molecule has 4 aromatic rings. The second kappa shape index (κ2) is 7.10. The van der Waals surface area contributed by atoms with E-state index in [1.165, 1.54) is 18.5 Å². The van der Waals surface area contributed by atoms with Gasteiger partial charge in [0.1, 0.15) is 29.3 Å². The van der Waals surface area contributed by atoms with E-state index in [0.29, 0.717) is 28.2 Å². The molecule has 3 aromatic heterocycles. The van der Waals surface area contributed by atoms with Crippen LogP contribution in [0.1, 0.15) is 25.0 Å². The molecule has 0 fully saturated rings. The number of anilines is 1. The van der Waals surface area contributed by atoms with Gasteiger partial charge in [0, 0.05) is 23.4 Å². The van der Waals surface area contributed by atoms with E-state index in [1.54, 1.807) is 48.9 Å². The first-order chi connectivity index (χ1) is 13.8. The van der Waals surface area contributed by atoms with E-state index in [4.69, 9.17) is 10.3 Å². The minimum atomic E-state index is -1.17. The summed E-state index contributed by atoms with van der Waals surface area (Å²) in [6, 6.07) is 9.90. The number of aromatic nitrogens is 5. The van der Waals surface area contributed by atoms with Crippen molar-refractivity contribution < 1.29 is 14.0 Å². The summed E-state index contributed by atoms with van der Waals surface area (Å²) in [5.41, 5.74) is 7.33. The van der Waals surface area contributed by atoms with Crippen LogP contribution in [0.2, 0.25) is 0 Å². The lowest BCUT2D eigenvalue weighted by Gasteiger charge is -2.18. The minimum Gasteiger partial charge on any atom is -0.386 e. The van der Waals surface area contributed by atoms with Crippen LogP contribution < -0.4 is 5.73 Å². The number of benzene rings is 1. The Morgan fingerprint density at radius 2 is 2.00 bits per heavy atom. The third kappa shape index (κ3) is 3.72. The predicted molar refractivity (Wildman–Crippen MR) is 104 cm³/mol. The highest BCUT2D eigenvalue weighted by molar-refractivity contribution is 5.63. The fourth-order valence-electron chi connectivity index (χ4n) is 2.98. The average Bonchev–Trinajstić information content (AvgIpc) is 3.32. The van der Waals surface area contributed by atoms with Crippen molar-refractivity contribution in [2.75, 3.05) is 5.73 Å². The lowest BCUT2D eigenvalue weighted by atomic mass is 10.0. The number of nitrogen functional groups attached to an aromatic ring is 1. The summed E-state index contributed by atoms with van der Waals surface area (Å²) in [4.78, 5) is 8.57. The zero-order valence-corrected chi connectivity index (χ0v) is 15.9. The average molecular weight is 394 g/mol. The molecule has 0 radical (unpaired) electrons. The summed E-state index contributed by atoms with van der Waals surface area (Å²) in [5.74, 6) is 0.118. The first-order valence-electron chi connectivity index (χ1n) is 8.90. The maximum Gasteiger partial charge on any atom is 0.182 e. The second-order valence-corrected chi connectivity index (χ2v) is 7.10. The molecule has 0 aliphatic carbocycles. The van der Waals surface area contributed by atoms with Gasteiger partial charge in [-0.25, -0.2) is 14.4 Å². The summed E-state index contributed by atoms with van der Waals surface area (Å²) in [6.07, 6.45) is 2.92. The van der Waals surface area contributed by atoms with Crippen molar-refractivity contribution in [3.05, 3.63) is 65.8 Å². The number of hydrogen-bond donors (Lipinski definition) is 2. The Labute approximate surface area is 165 Å². The van der Waals surface area contributed by atoms with E-state index in [2.05, 4.69) is 20.2 Å². The SMILES string of the molecule is CC(C)(O)c1cnc(-c2cc(-c3ccon3)n(Cc3ccccc3F)n2)nc1N. The molecule has 29 heavy (non-hydrogen) atoms. The molecule has 0 spiro atoms. The summed E-state index contributed by atoms with van der Waals surface area (Å²) in [7, 11) is 0. The number of nitrogens with two attached hydrogens (primary N) is 1. The van der Waals surface area contributed by atoms with E-state index in [1.807, 2.05) is 0 Å². The Hall–Kier alpha value is -3.59. The van der Waals surface area contributed by atoms with E-state index >= 15 is 0 Å². The summed E-state index contributed by atoms with van der Waals surface area (Å²) >= 11 is 0. The number of hydrogen-bond acceptors (Lipinski definition) is 7. The summed E-state index contributed by atoms with van der Waals surface area (Å²) < 4.78 is 20.7. The molecular formula is C20H19FN6O2. The Bertz CT molecular complexity index is 1150. The van der Waals surface area contributed by atoms with Crippen LogP contribution in [0.3, 0.4) is 0 Å². The van der Waals surface area contributed by atoms with Crippen LogP contribution in [0, 0.1) is 5.82 Å². The van der Waals surface area contributed by atoms with Crippen molar-refractivity contribution in [2.45, 2.75) is 26.0 Å². The number of halogens is 1. The van der Waals surface area contributed by atoms with Crippen LogP contribution in [-0.4, -0.2) is 30.0 Å². The highest BCUT2D eigenvalue weighted by Gasteiger charge is 2.23. The predicted octanol–water partition coefficient (Wildman–Crippen LogP) is 2.99. The molecule has 0 aliphatic heterocycles. The fourth-order valence-corrected chi connectivity index (χ4v) is 2.98. The molecule has 0 saturated carbocycles. The third-order valence-electron chi connectivity index (χ3n) is 4.46. The zero-order valence-electron chi connectivity index (χ0n) is 15.9. The molecule has 0 unspecified atom stereocenters. The summed E-state index contributed by atoms with van der Waals surface area (Å²) in [6.45, 7) is 3.40.